The summed E-state index contributed by atoms with van der Waals surface area (Å²) in [6.07, 6.45) is 0. The van der Waals surface area contributed by atoms with Crippen LogP contribution in [0.5, 0.6) is 0 Å². The minimum atomic E-state index is -1.41. The van der Waals surface area contributed by atoms with Crippen molar-refractivity contribution < 1.29 is 14.1 Å². The quantitative estimate of drug-likeness (QED) is 0.899. The first-order valence-corrected chi connectivity index (χ1v) is 6.52. The van der Waals surface area contributed by atoms with E-state index in [0.29, 0.717) is 16.3 Å². The Morgan fingerprint density at radius 1 is 1.38 bits per heavy atom. The van der Waals surface area contributed by atoms with Gasteiger partial charge in [-0.25, -0.2) is 0 Å². The van der Waals surface area contributed by atoms with Gasteiger partial charge < -0.3 is 15.6 Å². The molecular weight excluding hydrogens is 294 g/mol. The highest BCUT2D eigenvalue weighted by Crippen LogP contribution is 2.24. The zero-order chi connectivity index (χ0) is 15.6. The lowest BCUT2D eigenvalue weighted by Gasteiger charge is -2.27. The normalized spacial score (nSPS) is 13.5. The lowest BCUT2D eigenvalue weighted by Crippen LogP contribution is -2.52. The van der Waals surface area contributed by atoms with Crippen LogP contribution >= 0.6 is 11.6 Å². The summed E-state index contributed by atoms with van der Waals surface area (Å²) in [5.41, 5.74) is 4.59. The fourth-order valence-corrected chi connectivity index (χ4v) is 2.03. The smallest absolute Gasteiger partial charge is 0.274 e. The van der Waals surface area contributed by atoms with Gasteiger partial charge in [-0.3, -0.25) is 9.59 Å². The molecule has 0 saturated carbocycles. The van der Waals surface area contributed by atoms with E-state index in [0.717, 1.165) is 0 Å². The van der Waals surface area contributed by atoms with Crippen LogP contribution in [0.2, 0.25) is 5.02 Å². The molecule has 0 radical (unpaired) electrons. The second-order valence-corrected chi connectivity index (χ2v) is 5.21. The number of carbonyl (C=O) groups excluding carboxylic acids is 2. The van der Waals surface area contributed by atoms with E-state index in [9.17, 15) is 9.59 Å². The molecule has 2 rings (SSSR count). The molecule has 1 heterocycles. The Morgan fingerprint density at radius 2 is 2.10 bits per heavy atom. The zero-order valence-electron chi connectivity index (χ0n) is 11.5. The first-order valence-electron chi connectivity index (χ1n) is 6.14. The molecule has 2 amide bonds. The molecular formula is C14H14ClN3O3. The highest BCUT2D eigenvalue weighted by Gasteiger charge is 2.36. The predicted molar refractivity (Wildman–Crippen MR) is 76.7 cm³/mol. The van der Waals surface area contributed by atoms with Gasteiger partial charge in [0.05, 0.1) is 0 Å². The minimum Gasteiger partial charge on any atom is -0.367 e. The summed E-state index contributed by atoms with van der Waals surface area (Å²) in [7, 11) is 0. The summed E-state index contributed by atoms with van der Waals surface area (Å²) in [5, 5.41) is 6.61. The summed E-state index contributed by atoms with van der Waals surface area (Å²) in [6, 6.07) is 8.03. The highest BCUT2D eigenvalue weighted by molar-refractivity contribution is 6.30. The lowest BCUT2D eigenvalue weighted by molar-refractivity contribution is -0.123. The van der Waals surface area contributed by atoms with Crippen LogP contribution in [-0.4, -0.2) is 17.0 Å². The van der Waals surface area contributed by atoms with Gasteiger partial charge in [0.2, 0.25) is 5.91 Å². The number of primary amides is 1. The zero-order valence-corrected chi connectivity index (χ0v) is 12.3. The van der Waals surface area contributed by atoms with Crippen molar-refractivity contribution in [3.05, 3.63) is 52.4 Å². The second kappa shape index (κ2) is 5.57. The van der Waals surface area contributed by atoms with E-state index in [1.54, 1.807) is 31.2 Å². The predicted octanol–water partition coefficient (Wildman–Crippen LogP) is 1.77. The van der Waals surface area contributed by atoms with E-state index in [-0.39, 0.29) is 5.69 Å². The van der Waals surface area contributed by atoms with E-state index in [1.807, 2.05) is 0 Å². The number of nitrogens with two attached hydrogens (primary N) is 1. The lowest BCUT2D eigenvalue weighted by atomic mass is 9.91. The number of benzene rings is 1. The van der Waals surface area contributed by atoms with Crippen LogP contribution in [-0.2, 0) is 10.3 Å². The Hall–Kier alpha value is -2.34. The molecule has 0 aliphatic rings. The number of aryl methyl sites for hydroxylation is 1. The molecule has 1 aromatic carbocycles. The van der Waals surface area contributed by atoms with Gasteiger partial charge in [-0.05, 0) is 31.5 Å². The van der Waals surface area contributed by atoms with E-state index < -0.39 is 17.4 Å². The van der Waals surface area contributed by atoms with Gasteiger partial charge in [-0.2, -0.15) is 0 Å². The number of amides is 2. The third-order valence-corrected chi connectivity index (χ3v) is 3.35. The first-order chi connectivity index (χ1) is 9.83. The molecule has 0 fully saturated rings. The van der Waals surface area contributed by atoms with Gasteiger partial charge in [0.15, 0.2) is 5.69 Å². The number of hydrogen-bond acceptors (Lipinski definition) is 4. The number of halogens is 1. The maximum atomic E-state index is 12.2. The third kappa shape index (κ3) is 3.05. The molecule has 2 aromatic rings. The Balaban J connectivity index is 2.35. The van der Waals surface area contributed by atoms with Crippen molar-refractivity contribution in [3.8, 4) is 0 Å². The van der Waals surface area contributed by atoms with Crippen LogP contribution in [0.1, 0.15) is 28.7 Å². The molecule has 7 heteroatoms. The fourth-order valence-electron chi connectivity index (χ4n) is 1.84. The van der Waals surface area contributed by atoms with Crippen molar-refractivity contribution in [1.82, 2.24) is 10.5 Å². The fraction of sp³-hybridized carbons (Fsp3) is 0.214. The number of carbonyl (C=O) groups is 2. The van der Waals surface area contributed by atoms with Crippen molar-refractivity contribution in [2.45, 2.75) is 19.4 Å². The highest BCUT2D eigenvalue weighted by atomic mass is 35.5. The van der Waals surface area contributed by atoms with Crippen LogP contribution in [0.25, 0.3) is 0 Å². The van der Waals surface area contributed by atoms with Crippen molar-refractivity contribution in [2.75, 3.05) is 0 Å². The van der Waals surface area contributed by atoms with E-state index in [1.165, 1.54) is 13.0 Å². The minimum absolute atomic E-state index is 0.0713. The van der Waals surface area contributed by atoms with Crippen LogP contribution in [0.4, 0.5) is 0 Å². The number of hydrogen-bond donors (Lipinski definition) is 2. The maximum absolute atomic E-state index is 12.2. The van der Waals surface area contributed by atoms with Gasteiger partial charge in [0, 0.05) is 11.1 Å². The summed E-state index contributed by atoms with van der Waals surface area (Å²) >= 11 is 5.92. The Bertz CT molecular complexity index is 698. The van der Waals surface area contributed by atoms with Crippen molar-refractivity contribution in [3.63, 3.8) is 0 Å². The van der Waals surface area contributed by atoms with E-state index in [2.05, 4.69) is 10.5 Å². The second-order valence-electron chi connectivity index (χ2n) is 4.78. The molecule has 1 aromatic heterocycles. The molecule has 1 atom stereocenters. The number of rotatable bonds is 4. The van der Waals surface area contributed by atoms with Crippen LogP contribution < -0.4 is 11.1 Å². The standard InChI is InChI=1S/C14H14ClN3O3/c1-8-6-11(18-21-8)12(19)17-14(2,13(16)20)9-4-3-5-10(15)7-9/h3-7H,1-2H3,(H2,16,20)(H,17,19)/t14-/m1/s1. The van der Waals surface area contributed by atoms with Crippen LogP contribution in [0, 0.1) is 6.92 Å². The van der Waals surface area contributed by atoms with Crippen molar-refractivity contribution >= 4 is 23.4 Å². The average molecular weight is 308 g/mol. The first kappa shape index (κ1) is 15.1. The van der Waals surface area contributed by atoms with Crippen molar-refractivity contribution in [1.29, 1.82) is 0 Å². The van der Waals surface area contributed by atoms with Crippen LogP contribution in [0.3, 0.4) is 0 Å². The summed E-state index contributed by atoms with van der Waals surface area (Å²) < 4.78 is 4.84. The molecule has 0 aliphatic heterocycles. The largest absolute Gasteiger partial charge is 0.367 e. The average Bonchev–Trinajstić information content (AvgIpc) is 2.85. The van der Waals surface area contributed by atoms with Gasteiger partial charge in [0.25, 0.3) is 5.91 Å². The van der Waals surface area contributed by atoms with E-state index in [4.69, 9.17) is 21.9 Å². The molecule has 0 bridgehead atoms. The van der Waals surface area contributed by atoms with Crippen molar-refractivity contribution in [2.24, 2.45) is 5.73 Å². The van der Waals surface area contributed by atoms with Gasteiger partial charge in [-0.1, -0.05) is 28.9 Å². The summed E-state index contributed by atoms with van der Waals surface area (Å²) in [5.74, 6) is -0.782. The van der Waals surface area contributed by atoms with Crippen LogP contribution in [0.15, 0.2) is 34.9 Å². The molecule has 110 valence electrons. The van der Waals surface area contributed by atoms with Gasteiger partial charge in [-0.15, -0.1) is 0 Å². The number of nitrogens with one attached hydrogen (secondary N) is 1. The molecule has 0 unspecified atom stereocenters. The Labute approximate surface area is 126 Å². The van der Waals surface area contributed by atoms with E-state index >= 15 is 0 Å². The number of nitrogens with zero attached hydrogens (tertiary/aromatic N) is 1. The Morgan fingerprint density at radius 3 is 2.62 bits per heavy atom. The molecule has 0 saturated heterocycles. The number of aromatic nitrogens is 1. The molecule has 0 aliphatic carbocycles. The molecule has 0 spiro atoms. The topological polar surface area (TPSA) is 98.2 Å². The molecule has 6 nitrogen and oxygen atoms in total. The summed E-state index contributed by atoms with van der Waals surface area (Å²) in [4.78, 5) is 24.0. The molecule has 3 N–H and O–H groups in total. The maximum Gasteiger partial charge on any atom is 0.274 e. The van der Waals surface area contributed by atoms with Gasteiger partial charge >= 0.3 is 0 Å². The summed E-state index contributed by atoms with van der Waals surface area (Å²) in [6.45, 7) is 3.17. The third-order valence-electron chi connectivity index (χ3n) is 3.12. The van der Waals surface area contributed by atoms with Gasteiger partial charge in [0.1, 0.15) is 11.3 Å². The monoisotopic (exact) mass is 307 g/mol. The Kier molecular flexibility index (Phi) is 3.99. The molecule has 21 heavy (non-hydrogen) atoms. The SMILES string of the molecule is Cc1cc(C(=O)N[C@@](C)(C(N)=O)c2cccc(Cl)c2)no1.